The second-order valence-corrected chi connectivity index (χ2v) is 5.68. The quantitative estimate of drug-likeness (QED) is 0.614. The summed E-state index contributed by atoms with van der Waals surface area (Å²) < 4.78 is 7.19. The molecule has 0 radical (unpaired) electrons. The summed E-state index contributed by atoms with van der Waals surface area (Å²) in [6, 6.07) is 18.1. The van der Waals surface area contributed by atoms with Crippen molar-refractivity contribution < 1.29 is 4.74 Å². The first-order chi connectivity index (χ1) is 12.7. The molecule has 0 saturated carbocycles. The van der Waals surface area contributed by atoms with E-state index in [1.54, 1.807) is 12.1 Å². The van der Waals surface area contributed by atoms with Gasteiger partial charge < -0.3 is 4.74 Å². The number of rotatable bonds is 4. The normalized spacial score (nSPS) is 10.7. The van der Waals surface area contributed by atoms with Crippen LogP contribution in [0, 0.1) is 6.92 Å². The molecular weight excluding hydrogens is 330 g/mol. The zero-order valence-electron chi connectivity index (χ0n) is 14.0. The smallest absolute Gasteiger partial charge is 0.275 e. The Hall–Kier alpha value is -3.74. The van der Waals surface area contributed by atoms with Gasteiger partial charge in [0.2, 0.25) is 5.82 Å². The Morgan fingerprint density at radius 3 is 2.50 bits per heavy atom. The first-order valence-corrected chi connectivity index (χ1v) is 8.01. The van der Waals surface area contributed by atoms with Gasteiger partial charge in [-0.3, -0.25) is 9.89 Å². The molecule has 0 fully saturated rings. The number of H-pyrrole nitrogens is 1. The average Bonchev–Trinajstić information content (AvgIpc) is 3.19. The molecule has 7 nitrogen and oxygen atoms in total. The van der Waals surface area contributed by atoms with Gasteiger partial charge in [-0.2, -0.15) is 14.9 Å². The second-order valence-electron chi connectivity index (χ2n) is 5.68. The predicted molar refractivity (Wildman–Crippen MR) is 96.5 cm³/mol. The monoisotopic (exact) mass is 345 g/mol. The number of para-hydroxylation sites is 1. The van der Waals surface area contributed by atoms with Crippen LogP contribution in [-0.4, -0.2) is 25.0 Å². The minimum Gasteiger partial charge on any atom is -0.455 e. The number of benzene rings is 2. The molecule has 2 aromatic carbocycles. The lowest BCUT2D eigenvalue weighted by Crippen LogP contribution is -2.21. The van der Waals surface area contributed by atoms with Crippen molar-refractivity contribution >= 4 is 0 Å². The van der Waals surface area contributed by atoms with Crippen LogP contribution < -0.4 is 10.3 Å². The van der Waals surface area contributed by atoms with E-state index in [4.69, 9.17) is 4.74 Å². The maximum atomic E-state index is 12.6. The van der Waals surface area contributed by atoms with E-state index < -0.39 is 0 Å². The second kappa shape index (κ2) is 6.64. The van der Waals surface area contributed by atoms with E-state index in [1.807, 2.05) is 49.4 Å². The van der Waals surface area contributed by atoms with Crippen LogP contribution in [0.1, 0.15) is 5.56 Å². The lowest BCUT2D eigenvalue weighted by molar-refractivity contribution is 0.477. The highest BCUT2D eigenvalue weighted by molar-refractivity contribution is 5.59. The molecule has 0 saturated heterocycles. The number of ether oxygens (including phenoxy) is 1. The Kier molecular flexibility index (Phi) is 4.03. The van der Waals surface area contributed by atoms with Crippen molar-refractivity contribution in [3.8, 4) is 28.7 Å². The molecule has 0 aliphatic heterocycles. The SMILES string of the molecule is Cc1ccc(Oc2cc(=O)n(-c3ccccc3)nc2-c2nc[nH]n2)cc1. The van der Waals surface area contributed by atoms with Crippen molar-refractivity contribution in [1.82, 2.24) is 25.0 Å². The summed E-state index contributed by atoms with van der Waals surface area (Å²) in [5.41, 5.74) is 1.83. The molecule has 1 N–H and O–H groups in total. The fourth-order valence-electron chi connectivity index (χ4n) is 2.48. The summed E-state index contributed by atoms with van der Waals surface area (Å²) in [5.74, 6) is 1.24. The average molecular weight is 345 g/mol. The van der Waals surface area contributed by atoms with E-state index in [0.717, 1.165) is 5.56 Å². The molecule has 0 spiro atoms. The van der Waals surface area contributed by atoms with Crippen molar-refractivity contribution in [2.75, 3.05) is 0 Å². The molecule has 0 amide bonds. The molecule has 2 aromatic heterocycles. The number of hydrogen-bond donors (Lipinski definition) is 1. The Labute approximate surface area is 148 Å². The van der Waals surface area contributed by atoms with E-state index in [1.165, 1.54) is 17.1 Å². The molecule has 26 heavy (non-hydrogen) atoms. The summed E-state index contributed by atoms with van der Waals surface area (Å²) >= 11 is 0. The van der Waals surface area contributed by atoms with Crippen LogP contribution in [0.3, 0.4) is 0 Å². The Balaban J connectivity index is 1.84. The van der Waals surface area contributed by atoms with Gasteiger partial charge in [-0.15, -0.1) is 0 Å². The van der Waals surface area contributed by atoms with Gasteiger partial charge in [-0.25, -0.2) is 4.98 Å². The van der Waals surface area contributed by atoms with E-state index in [0.29, 0.717) is 28.7 Å². The third-order valence-corrected chi connectivity index (χ3v) is 3.77. The lowest BCUT2D eigenvalue weighted by atomic mass is 10.2. The molecule has 0 aliphatic carbocycles. The third kappa shape index (κ3) is 3.10. The van der Waals surface area contributed by atoms with Crippen LogP contribution in [0.5, 0.6) is 11.5 Å². The fourth-order valence-corrected chi connectivity index (χ4v) is 2.48. The van der Waals surface area contributed by atoms with Crippen molar-refractivity contribution in [2.45, 2.75) is 6.92 Å². The van der Waals surface area contributed by atoms with Gasteiger partial charge in [0.05, 0.1) is 11.8 Å². The van der Waals surface area contributed by atoms with Gasteiger partial charge >= 0.3 is 0 Å². The first-order valence-electron chi connectivity index (χ1n) is 8.01. The molecule has 0 bridgehead atoms. The summed E-state index contributed by atoms with van der Waals surface area (Å²) in [6.45, 7) is 1.99. The van der Waals surface area contributed by atoms with Crippen LogP contribution in [0.2, 0.25) is 0 Å². The van der Waals surface area contributed by atoms with E-state index in [9.17, 15) is 4.79 Å². The molecule has 0 unspecified atom stereocenters. The van der Waals surface area contributed by atoms with Crippen LogP contribution in [0.4, 0.5) is 0 Å². The summed E-state index contributed by atoms with van der Waals surface area (Å²) in [5, 5.41) is 11.2. The Morgan fingerprint density at radius 2 is 1.81 bits per heavy atom. The molecule has 7 heteroatoms. The molecule has 2 heterocycles. The molecule has 128 valence electrons. The number of nitrogens with one attached hydrogen (secondary N) is 1. The topological polar surface area (TPSA) is 85.7 Å². The number of aromatic amines is 1. The first kappa shape index (κ1) is 15.8. The van der Waals surface area contributed by atoms with Crippen molar-refractivity contribution in [2.24, 2.45) is 0 Å². The molecule has 0 aliphatic rings. The van der Waals surface area contributed by atoms with Gasteiger partial charge in [0, 0.05) is 0 Å². The molecular formula is C19H15N5O2. The van der Waals surface area contributed by atoms with Crippen LogP contribution >= 0.6 is 0 Å². The number of hydrogen-bond acceptors (Lipinski definition) is 5. The highest BCUT2D eigenvalue weighted by atomic mass is 16.5. The van der Waals surface area contributed by atoms with E-state index in [2.05, 4.69) is 20.3 Å². The third-order valence-electron chi connectivity index (χ3n) is 3.77. The van der Waals surface area contributed by atoms with Gasteiger partial charge in [0.15, 0.2) is 11.4 Å². The highest BCUT2D eigenvalue weighted by Gasteiger charge is 2.17. The minimum atomic E-state index is -0.308. The van der Waals surface area contributed by atoms with Crippen LogP contribution in [-0.2, 0) is 0 Å². The maximum absolute atomic E-state index is 12.6. The minimum absolute atomic E-state index is 0.297. The predicted octanol–water partition coefficient (Wildman–Crippen LogP) is 3.12. The van der Waals surface area contributed by atoms with Gasteiger partial charge in [0.25, 0.3) is 5.56 Å². The van der Waals surface area contributed by atoms with Crippen LogP contribution in [0.25, 0.3) is 17.2 Å². The maximum Gasteiger partial charge on any atom is 0.275 e. The number of nitrogens with zero attached hydrogens (tertiary/aromatic N) is 4. The van der Waals surface area contributed by atoms with E-state index >= 15 is 0 Å². The zero-order chi connectivity index (χ0) is 17.9. The molecule has 4 rings (SSSR count). The fraction of sp³-hybridized carbons (Fsp3) is 0.0526. The van der Waals surface area contributed by atoms with Gasteiger partial charge in [-0.05, 0) is 31.2 Å². The number of aryl methyl sites for hydroxylation is 1. The summed E-state index contributed by atoms with van der Waals surface area (Å²) in [4.78, 5) is 16.7. The van der Waals surface area contributed by atoms with Crippen molar-refractivity contribution in [1.29, 1.82) is 0 Å². The Morgan fingerprint density at radius 1 is 1.04 bits per heavy atom. The van der Waals surface area contributed by atoms with Crippen LogP contribution in [0.15, 0.2) is 71.8 Å². The molecule has 0 atom stereocenters. The lowest BCUT2D eigenvalue weighted by Gasteiger charge is -2.11. The van der Waals surface area contributed by atoms with Gasteiger partial charge in [-0.1, -0.05) is 35.9 Å². The number of aromatic nitrogens is 5. The van der Waals surface area contributed by atoms with Crippen molar-refractivity contribution in [3.05, 3.63) is 82.9 Å². The van der Waals surface area contributed by atoms with Gasteiger partial charge in [0.1, 0.15) is 12.1 Å². The highest BCUT2D eigenvalue weighted by Crippen LogP contribution is 2.28. The zero-order valence-corrected chi connectivity index (χ0v) is 14.0. The molecule has 4 aromatic rings. The van der Waals surface area contributed by atoms with Crippen molar-refractivity contribution in [3.63, 3.8) is 0 Å². The standard InChI is InChI=1S/C19H15N5O2/c1-13-7-9-15(10-8-13)26-16-11-17(25)24(14-5-3-2-4-6-14)23-18(16)19-20-12-21-22-19/h2-12H,1H3,(H,20,21,22). The largest absolute Gasteiger partial charge is 0.455 e. The van der Waals surface area contributed by atoms with E-state index in [-0.39, 0.29) is 5.56 Å². The Bertz CT molecular complexity index is 1070. The summed E-state index contributed by atoms with van der Waals surface area (Å²) in [6.07, 6.45) is 1.45. The summed E-state index contributed by atoms with van der Waals surface area (Å²) in [7, 11) is 0.